The second-order valence-corrected chi connectivity index (χ2v) is 5.27. The quantitative estimate of drug-likeness (QED) is 0.480. The predicted molar refractivity (Wildman–Crippen MR) is 58.6 cm³/mol. The van der Waals surface area contributed by atoms with E-state index in [4.69, 9.17) is 4.55 Å². The highest BCUT2D eigenvalue weighted by molar-refractivity contribution is 9.10. The molecule has 0 aromatic carbocycles. The van der Waals surface area contributed by atoms with Gasteiger partial charge in [0.25, 0.3) is 0 Å². The van der Waals surface area contributed by atoms with Crippen LogP contribution in [0, 0.1) is 0 Å². The van der Waals surface area contributed by atoms with Crippen LogP contribution in [-0.2, 0) is 11.3 Å². The molecular formula is C6H13Br2NO2S. The molecule has 12 heavy (non-hydrogen) atoms. The minimum Gasteiger partial charge on any atom is -0.294 e. The highest BCUT2D eigenvalue weighted by Crippen LogP contribution is 2.22. The van der Waals surface area contributed by atoms with Gasteiger partial charge in [0, 0.05) is 0 Å². The Morgan fingerprint density at radius 1 is 1.33 bits per heavy atom. The molecule has 0 rings (SSSR count). The van der Waals surface area contributed by atoms with Crippen LogP contribution in [0.4, 0.5) is 0 Å². The number of hydrogen-bond donors (Lipinski definition) is 1. The molecule has 0 aliphatic carbocycles. The Morgan fingerprint density at radius 3 is 1.83 bits per heavy atom. The van der Waals surface area contributed by atoms with E-state index in [1.165, 1.54) is 4.31 Å². The zero-order chi connectivity index (χ0) is 9.72. The number of halogens is 2. The minimum atomic E-state index is -1.92. The first-order chi connectivity index (χ1) is 5.54. The summed E-state index contributed by atoms with van der Waals surface area (Å²) in [5.74, 6) is 0. The third-order valence-electron chi connectivity index (χ3n) is 1.41. The van der Waals surface area contributed by atoms with Gasteiger partial charge in [0.15, 0.2) is 0 Å². The fourth-order valence-corrected chi connectivity index (χ4v) is 3.17. The number of alkyl halides is 2. The van der Waals surface area contributed by atoms with Crippen LogP contribution in [0.3, 0.4) is 0 Å². The fourth-order valence-electron chi connectivity index (χ4n) is 0.731. The maximum absolute atomic E-state index is 10.9. The van der Waals surface area contributed by atoms with Gasteiger partial charge in [0.05, 0.1) is 9.90 Å². The lowest BCUT2D eigenvalue weighted by Gasteiger charge is -2.26. The van der Waals surface area contributed by atoms with Crippen LogP contribution >= 0.6 is 31.9 Å². The number of rotatable bonds is 5. The second kappa shape index (κ2) is 6.48. The molecule has 3 atom stereocenters. The number of nitrogens with zero attached hydrogens (tertiary/aromatic N) is 1. The van der Waals surface area contributed by atoms with E-state index in [0.29, 0.717) is 0 Å². The lowest BCUT2D eigenvalue weighted by Crippen LogP contribution is -2.37. The van der Waals surface area contributed by atoms with E-state index >= 15 is 0 Å². The van der Waals surface area contributed by atoms with E-state index in [1.807, 2.05) is 13.8 Å². The molecular weight excluding hydrogens is 310 g/mol. The average Bonchev–Trinajstić information content (AvgIpc) is 2.03. The molecule has 0 aromatic heterocycles. The van der Waals surface area contributed by atoms with E-state index in [-0.39, 0.29) is 9.90 Å². The monoisotopic (exact) mass is 321 g/mol. The fraction of sp³-hybridized carbons (Fsp3) is 1.00. The van der Waals surface area contributed by atoms with Gasteiger partial charge in [-0.1, -0.05) is 45.7 Å². The smallest absolute Gasteiger partial charge is 0.236 e. The third kappa shape index (κ3) is 3.83. The topological polar surface area (TPSA) is 40.5 Å². The van der Waals surface area contributed by atoms with Crippen LogP contribution in [0.1, 0.15) is 26.7 Å². The van der Waals surface area contributed by atoms with E-state index < -0.39 is 11.3 Å². The molecule has 0 aromatic rings. The molecule has 0 spiro atoms. The van der Waals surface area contributed by atoms with Gasteiger partial charge in [-0.2, -0.15) is 4.31 Å². The first-order valence-electron chi connectivity index (χ1n) is 3.72. The maximum atomic E-state index is 10.9. The summed E-state index contributed by atoms with van der Waals surface area (Å²) >= 11 is 4.73. The zero-order valence-electron chi connectivity index (χ0n) is 7.04. The van der Waals surface area contributed by atoms with Gasteiger partial charge in [-0.05, 0) is 12.8 Å². The Bertz CT molecular complexity index is 148. The third-order valence-corrected chi connectivity index (χ3v) is 5.00. The van der Waals surface area contributed by atoms with Gasteiger partial charge in [-0.3, -0.25) is 4.55 Å². The largest absolute Gasteiger partial charge is 0.294 e. The molecule has 0 bridgehead atoms. The summed E-state index contributed by atoms with van der Waals surface area (Å²) in [5.41, 5.74) is 0. The van der Waals surface area contributed by atoms with Crippen LogP contribution in [-0.4, -0.2) is 23.0 Å². The van der Waals surface area contributed by atoms with Gasteiger partial charge in [-0.25, -0.2) is 4.21 Å². The Hall–Kier alpha value is 1.03. The first-order valence-corrected chi connectivity index (χ1v) is 6.61. The van der Waals surface area contributed by atoms with Crippen molar-refractivity contribution < 1.29 is 8.76 Å². The second-order valence-electron chi connectivity index (χ2n) is 2.28. The Morgan fingerprint density at radius 2 is 1.67 bits per heavy atom. The Labute approximate surface area is 92.6 Å². The Balaban J connectivity index is 4.32. The lowest BCUT2D eigenvalue weighted by molar-refractivity contribution is 0.361. The molecule has 6 heteroatoms. The predicted octanol–water partition coefficient (Wildman–Crippen LogP) is 2.69. The van der Waals surface area contributed by atoms with Crippen LogP contribution < -0.4 is 0 Å². The van der Waals surface area contributed by atoms with Crippen LogP contribution in [0.25, 0.3) is 0 Å². The molecule has 0 fully saturated rings. The summed E-state index contributed by atoms with van der Waals surface area (Å²) in [6.45, 7) is 3.91. The standard InChI is InChI=1S/C6H13Br2NO2S/c1-3-5(7)9(12(10)11)6(8)4-2/h5-6H,3-4H2,1-2H3,(H,10,11). The maximum Gasteiger partial charge on any atom is 0.236 e. The summed E-state index contributed by atoms with van der Waals surface area (Å²) in [6, 6.07) is 0. The molecule has 0 aliphatic rings. The van der Waals surface area contributed by atoms with Crippen molar-refractivity contribution in [2.45, 2.75) is 36.6 Å². The van der Waals surface area contributed by atoms with E-state index in [9.17, 15) is 4.21 Å². The number of hydrogen-bond acceptors (Lipinski definition) is 1. The van der Waals surface area contributed by atoms with Gasteiger partial charge in [0.1, 0.15) is 0 Å². The van der Waals surface area contributed by atoms with Crippen molar-refractivity contribution in [2.24, 2.45) is 0 Å². The molecule has 0 amide bonds. The van der Waals surface area contributed by atoms with Crippen molar-refractivity contribution in [2.75, 3.05) is 0 Å². The molecule has 74 valence electrons. The highest BCUT2D eigenvalue weighted by Gasteiger charge is 2.24. The summed E-state index contributed by atoms with van der Waals surface area (Å²) < 4.78 is 21.3. The lowest BCUT2D eigenvalue weighted by atomic mass is 10.4. The molecule has 0 aliphatic heterocycles. The van der Waals surface area contributed by atoms with E-state index in [0.717, 1.165) is 12.8 Å². The first kappa shape index (κ1) is 13.0. The van der Waals surface area contributed by atoms with Gasteiger partial charge in [-0.15, -0.1) is 0 Å². The van der Waals surface area contributed by atoms with Crippen LogP contribution in [0.2, 0.25) is 0 Å². The molecule has 1 N–H and O–H groups in total. The van der Waals surface area contributed by atoms with Crippen molar-refractivity contribution in [3.63, 3.8) is 0 Å². The minimum absolute atomic E-state index is 0.0624. The molecule has 3 unspecified atom stereocenters. The average molecular weight is 323 g/mol. The molecule has 0 heterocycles. The Kier molecular flexibility index (Phi) is 7.03. The van der Waals surface area contributed by atoms with Crippen molar-refractivity contribution >= 4 is 43.1 Å². The highest BCUT2D eigenvalue weighted by atomic mass is 79.9. The van der Waals surface area contributed by atoms with Gasteiger partial charge in [0.2, 0.25) is 11.3 Å². The van der Waals surface area contributed by atoms with Crippen LogP contribution in [0.5, 0.6) is 0 Å². The summed E-state index contributed by atoms with van der Waals surface area (Å²) in [4.78, 5) is -0.125. The SMILES string of the molecule is CCC(Br)N(C(Br)CC)S(=O)O. The molecule has 0 saturated carbocycles. The van der Waals surface area contributed by atoms with Crippen molar-refractivity contribution in [1.29, 1.82) is 0 Å². The normalized spacial score (nSPS) is 19.2. The van der Waals surface area contributed by atoms with Crippen LogP contribution in [0.15, 0.2) is 0 Å². The van der Waals surface area contributed by atoms with Crippen molar-refractivity contribution in [3.05, 3.63) is 0 Å². The molecule has 0 saturated heterocycles. The molecule has 3 nitrogen and oxygen atoms in total. The molecule has 0 radical (unpaired) electrons. The summed E-state index contributed by atoms with van der Waals surface area (Å²) in [7, 11) is 0. The van der Waals surface area contributed by atoms with E-state index in [1.54, 1.807) is 0 Å². The van der Waals surface area contributed by atoms with Gasteiger partial charge < -0.3 is 0 Å². The van der Waals surface area contributed by atoms with Crippen molar-refractivity contribution in [1.82, 2.24) is 4.31 Å². The van der Waals surface area contributed by atoms with E-state index in [2.05, 4.69) is 31.9 Å². The summed E-state index contributed by atoms with van der Waals surface area (Å²) in [5, 5.41) is 0. The summed E-state index contributed by atoms with van der Waals surface area (Å²) in [6.07, 6.45) is 1.57. The zero-order valence-corrected chi connectivity index (χ0v) is 11.0. The van der Waals surface area contributed by atoms with Gasteiger partial charge >= 0.3 is 0 Å². The van der Waals surface area contributed by atoms with Crippen molar-refractivity contribution in [3.8, 4) is 0 Å².